The Labute approximate surface area is 81.6 Å². The average molecular weight is 212 g/mol. The zero-order chi connectivity index (χ0) is 10.2. The zero-order valence-corrected chi connectivity index (χ0v) is 7.94. The van der Waals surface area contributed by atoms with Crippen LogP contribution in [0.5, 0.6) is 5.75 Å². The van der Waals surface area contributed by atoms with E-state index in [0.717, 1.165) is 5.56 Å². The van der Waals surface area contributed by atoms with Crippen molar-refractivity contribution in [1.29, 1.82) is 0 Å². The number of hydrogen-bond donors (Lipinski definition) is 1. The van der Waals surface area contributed by atoms with Crippen molar-refractivity contribution < 1.29 is 17.7 Å². The van der Waals surface area contributed by atoms with E-state index in [-0.39, 0.29) is 0 Å². The van der Waals surface area contributed by atoms with Crippen molar-refractivity contribution in [3.63, 3.8) is 0 Å². The van der Waals surface area contributed by atoms with Crippen LogP contribution in [0.3, 0.4) is 0 Å². The number of hydrogen-bond acceptors (Lipinski definition) is 3. The van der Waals surface area contributed by atoms with Gasteiger partial charge in [0.15, 0.2) is 0 Å². The quantitative estimate of drug-likeness (QED) is 0.713. The summed E-state index contributed by atoms with van der Waals surface area (Å²) in [4.78, 5) is 0. The second kappa shape index (κ2) is 3.11. The predicted molar refractivity (Wildman–Crippen MR) is 51.4 cm³/mol. The molecule has 0 aliphatic carbocycles. The molecule has 0 radical (unpaired) electrons. The minimum Gasteiger partial charge on any atom is -0.467 e. The molecule has 0 spiro atoms. The van der Waals surface area contributed by atoms with Gasteiger partial charge in [-0.15, -0.1) is 0 Å². The Balaban J connectivity index is 2.40. The summed E-state index contributed by atoms with van der Waals surface area (Å²) in [5, 5.41) is 0. The van der Waals surface area contributed by atoms with Gasteiger partial charge in [-0.3, -0.25) is 4.55 Å². The molecule has 1 N–H and O–H groups in total. The Morgan fingerprint density at radius 3 is 2.71 bits per heavy atom. The molecule has 0 amide bonds. The Morgan fingerprint density at radius 2 is 2.00 bits per heavy atom. The Hall–Kier alpha value is -1.33. The summed E-state index contributed by atoms with van der Waals surface area (Å²) in [6.45, 7) is 0. The van der Waals surface area contributed by atoms with Crippen molar-refractivity contribution in [2.45, 2.75) is 5.44 Å². The Kier molecular flexibility index (Phi) is 2.05. The molecule has 1 aliphatic rings. The zero-order valence-electron chi connectivity index (χ0n) is 7.12. The molecule has 14 heavy (non-hydrogen) atoms. The number of ether oxygens (including phenoxy) is 1. The van der Waals surface area contributed by atoms with Crippen LogP contribution < -0.4 is 4.74 Å². The summed E-state index contributed by atoms with van der Waals surface area (Å²) in [6, 6.07) is 7.00. The molecule has 0 bridgehead atoms. The molecular weight excluding hydrogens is 204 g/mol. The monoisotopic (exact) mass is 212 g/mol. The van der Waals surface area contributed by atoms with Crippen LogP contribution in [0, 0.1) is 0 Å². The standard InChI is InChI=1S/C9H8O4S/c10-14(11,12)9-6-5-7-3-1-2-4-8(7)13-9/h1-6,9H,(H,10,11,12). The van der Waals surface area contributed by atoms with Crippen LogP contribution in [0.4, 0.5) is 0 Å². The van der Waals surface area contributed by atoms with Gasteiger partial charge in [0.05, 0.1) is 0 Å². The minimum absolute atomic E-state index is 0.456. The smallest absolute Gasteiger partial charge is 0.307 e. The van der Waals surface area contributed by atoms with E-state index >= 15 is 0 Å². The van der Waals surface area contributed by atoms with Crippen LogP contribution in [-0.2, 0) is 10.1 Å². The van der Waals surface area contributed by atoms with E-state index in [1.807, 2.05) is 6.07 Å². The summed E-state index contributed by atoms with van der Waals surface area (Å²) in [5.74, 6) is 0.456. The van der Waals surface area contributed by atoms with Gasteiger partial charge in [-0.05, 0) is 12.1 Å². The fraction of sp³-hybridized carbons (Fsp3) is 0.111. The minimum atomic E-state index is -4.18. The van der Waals surface area contributed by atoms with E-state index in [2.05, 4.69) is 0 Å². The van der Waals surface area contributed by atoms with Crippen molar-refractivity contribution in [3.8, 4) is 5.75 Å². The van der Waals surface area contributed by atoms with Crippen LogP contribution in [0.1, 0.15) is 5.56 Å². The van der Waals surface area contributed by atoms with Crippen molar-refractivity contribution in [2.24, 2.45) is 0 Å². The number of para-hydroxylation sites is 1. The lowest BCUT2D eigenvalue weighted by Gasteiger charge is -2.18. The molecule has 4 nitrogen and oxygen atoms in total. The second-order valence-corrected chi connectivity index (χ2v) is 4.39. The summed E-state index contributed by atoms with van der Waals surface area (Å²) >= 11 is 0. The summed E-state index contributed by atoms with van der Waals surface area (Å²) in [5.41, 5.74) is -0.496. The van der Waals surface area contributed by atoms with Crippen molar-refractivity contribution in [1.82, 2.24) is 0 Å². The summed E-state index contributed by atoms with van der Waals surface area (Å²) in [7, 11) is -4.18. The lowest BCUT2D eigenvalue weighted by molar-refractivity contribution is 0.294. The molecule has 0 saturated carbocycles. The van der Waals surface area contributed by atoms with E-state index in [9.17, 15) is 8.42 Å². The highest BCUT2D eigenvalue weighted by Gasteiger charge is 2.25. The molecule has 0 fully saturated rings. The Bertz CT molecular complexity index is 475. The molecule has 1 aliphatic heterocycles. The predicted octanol–water partition coefficient (Wildman–Crippen LogP) is 1.31. The first-order chi connectivity index (χ1) is 6.57. The van der Waals surface area contributed by atoms with Crippen LogP contribution in [0.2, 0.25) is 0 Å². The molecule has 74 valence electrons. The van der Waals surface area contributed by atoms with E-state index < -0.39 is 15.6 Å². The Morgan fingerprint density at radius 1 is 1.29 bits per heavy atom. The van der Waals surface area contributed by atoms with Crippen LogP contribution in [0.25, 0.3) is 6.08 Å². The third-order valence-electron chi connectivity index (χ3n) is 1.89. The molecule has 0 aromatic heterocycles. The highest BCUT2D eigenvalue weighted by Crippen LogP contribution is 2.26. The van der Waals surface area contributed by atoms with Crippen LogP contribution >= 0.6 is 0 Å². The highest BCUT2D eigenvalue weighted by molar-refractivity contribution is 7.86. The van der Waals surface area contributed by atoms with Crippen molar-refractivity contribution in [3.05, 3.63) is 35.9 Å². The SMILES string of the molecule is O=S(=O)(O)C1C=Cc2ccccc2O1. The summed E-state index contributed by atoms with van der Waals surface area (Å²) in [6.07, 6.45) is 2.91. The van der Waals surface area contributed by atoms with Gasteiger partial charge in [-0.1, -0.05) is 24.3 Å². The van der Waals surface area contributed by atoms with Gasteiger partial charge >= 0.3 is 10.1 Å². The first-order valence-corrected chi connectivity index (χ1v) is 5.48. The maximum atomic E-state index is 10.8. The molecular formula is C9H8O4S. The first-order valence-electron chi connectivity index (χ1n) is 3.97. The van der Waals surface area contributed by atoms with Crippen molar-refractivity contribution >= 4 is 16.2 Å². The summed E-state index contributed by atoms with van der Waals surface area (Å²) < 4.78 is 35.4. The van der Waals surface area contributed by atoms with Gasteiger partial charge in [0.1, 0.15) is 5.75 Å². The molecule has 1 aromatic carbocycles. The topological polar surface area (TPSA) is 63.6 Å². The van der Waals surface area contributed by atoms with Gasteiger partial charge < -0.3 is 4.74 Å². The lowest BCUT2D eigenvalue weighted by atomic mass is 10.1. The number of benzene rings is 1. The maximum absolute atomic E-state index is 10.8. The maximum Gasteiger partial charge on any atom is 0.307 e. The van der Waals surface area contributed by atoms with Crippen LogP contribution in [0.15, 0.2) is 30.3 Å². The molecule has 1 atom stereocenters. The average Bonchev–Trinajstić information content (AvgIpc) is 2.16. The molecule has 0 saturated heterocycles. The number of fused-ring (bicyclic) bond motifs is 1. The highest BCUT2D eigenvalue weighted by atomic mass is 32.2. The third-order valence-corrected chi connectivity index (χ3v) is 2.73. The van der Waals surface area contributed by atoms with Crippen LogP contribution in [-0.4, -0.2) is 18.4 Å². The number of rotatable bonds is 1. The molecule has 1 aromatic rings. The molecule has 1 heterocycles. The van der Waals surface area contributed by atoms with Gasteiger partial charge in [0.2, 0.25) is 5.44 Å². The van der Waals surface area contributed by atoms with E-state index in [0.29, 0.717) is 5.75 Å². The molecule has 1 unspecified atom stereocenters. The normalized spacial score (nSPS) is 19.9. The van der Waals surface area contributed by atoms with E-state index in [1.165, 1.54) is 6.08 Å². The lowest BCUT2D eigenvalue weighted by Crippen LogP contribution is -2.26. The van der Waals surface area contributed by atoms with E-state index in [1.54, 1.807) is 24.3 Å². The second-order valence-electron chi connectivity index (χ2n) is 2.90. The third kappa shape index (κ3) is 1.64. The molecule has 2 rings (SSSR count). The molecule has 5 heteroatoms. The van der Waals surface area contributed by atoms with Gasteiger partial charge in [-0.25, -0.2) is 0 Å². The van der Waals surface area contributed by atoms with E-state index in [4.69, 9.17) is 9.29 Å². The van der Waals surface area contributed by atoms with Gasteiger partial charge in [0.25, 0.3) is 0 Å². The van der Waals surface area contributed by atoms with Gasteiger partial charge in [0, 0.05) is 5.56 Å². The van der Waals surface area contributed by atoms with Crippen molar-refractivity contribution in [2.75, 3.05) is 0 Å². The van der Waals surface area contributed by atoms with Gasteiger partial charge in [-0.2, -0.15) is 8.42 Å². The first kappa shape index (κ1) is 9.23. The fourth-order valence-corrected chi connectivity index (χ4v) is 1.73. The fourth-order valence-electron chi connectivity index (χ4n) is 1.23. The largest absolute Gasteiger partial charge is 0.467 e.